The highest BCUT2D eigenvalue weighted by molar-refractivity contribution is 7.89. The zero-order valence-electron chi connectivity index (χ0n) is 11.5. The Balaban J connectivity index is 1.83. The van der Waals surface area contributed by atoms with Crippen molar-refractivity contribution in [1.29, 1.82) is 0 Å². The summed E-state index contributed by atoms with van der Waals surface area (Å²) in [6.07, 6.45) is 3.70. The fraction of sp³-hybridized carbons (Fsp3) is 0.571. The van der Waals surface area contributed by atoms with Gasteiger partial charge < -0.3 is 10.1 Å². The third kappa shape index (κ3) is 2.55. The predicted octanol–water partition coefficient (Wildman–Crippen LogP) is 1.72. The van der Waals surface area contributed by atoms with Crippen LogP contribution >= 0.6 is 0 Å². The monoisotopic (exact) mass is 296 g/mol. The van der Waals surface area contributed by atoms with Crippen molar-refractivity contribution in [2.45, 2.75) is 49.3 Å². The lowest BCUT2D eigenvalue weighted by Crippen LogP contribution is -2.32. The van der Waals surface area contributed by atoms with E-state index in [1.165, 1.54) is 0 Å². The van der Waals surface area contributed by atoms with E-state index in [0.717, 1.165) is 19.3 Å². The molecule has 3 atom stereocenters. The molecule has 0 aromatic heterocycles. The number of ether oxygens (including phenoxy) is 1. The molecule has 1 aromatic carbocycles. The van der Waals surface area contributed by atoms with Crippen molar-refractivity contribution in [3.05, 3.63) is 24.3 Å². The molecule has 6 heteroatoms. The molecule has 2 bridgehead atoms. The van der Waals surface area contributed by atoms with E-state index in [-0.39, 0.29) is 12.1 Å². The van der Waals surface area contributed by atoms with Crippen LogP contribution in [-0.4, -0.2) is 33.2 Å². The fourth-order valence-electron chi connectivity index (χ4n) is 3.08. The van der Waals surface area contributed by atoms with Crippen molar-refractivity contribution in [1.82, 2.24) is 4.72 Å². The molecule has 2 aliphatic rings. The van der Waals surface area contributed by atoms with Gasteiger partial charge in [0.05, 0.1) is 23.9 Å². The van der Waals surface area contributed by atoms with E-state index < -0.39 is 10.0 Å². The van der Waals surface area contributed by atoms with Crippen LogP contribution in [0, 0.1) is 0 Å². The molecule has 2 saturated heterocycles. The average Bonchev–Trinajstić information content (AvgIpc) is 3.01. The van der Waals surface area contributed by atoms with E-state index >= 15 is 0 Å². The molecule has 3 unspecified atom stereocenters. The van der Waals surface area contributed by atoms with Crippen LogP contribution in [0.25, 0.3) is 0 Å². The van der Waals surface area contributed by atoms with Crippen LogP contribution < -0.4 is 10.0 Å². The van der Waals surface area contributed by atoms with Crippen LogP contribution in [0.1, 0.15) is 26.2 Å². The van der Waals surface area contributed by atoms with Crippen molar-refractivity contribution in [2.24, 2.45) is 0 Å². The second-order valence-corrected chi connectivity index (χ2v) is 7.09. The van der Waals surface area contributed by atoms with Gasteiger partial charge in [-0.1, -0.05) is 19.1 Å². The van der Waals surface area contributed by atoms with Gasteiger partial charge in [-0.2, -0.15) is 0 Å². The summed E-state index contributed by atoms with van der Waals surface area (Å²) in [6.45, 7) is 2.16. The normalized spacial score (nSPS) is 28.8. The average molecular weight is 296 g/mol. The summed E-state index contributed by atoms with van der Waals surface area (Å²) in [4.78, 5) is 0.310. The fourth-order valence-corrected chi connectivity index (χ4v) is 4.29. The van der Waals surface area contributed by atoms with Gasteiger partial charge in [-0.3, -0.25) is 0 Å². The van der Waals surface area contributed by atoms with Gasteiger partial charge in [0.1, 0.15) is 4.90 Å². The number of para-hydroxylation sites is 1. The Kier molecular flexibility index (Phi) is 3.70. The van der Waals surface area contributed by atoms with E-state index in [1.54, 1.807) is 19.1 Å². The number of rotatable bonds is 5. The number of anilines is 1. The summed E-state index contributed by atoms with van der Waals surface area (Å²) in [5.41, 5.74) is 0.662. The van der Waals surface area contributed by atoms with Gasteiger partial charge in [-0.25, -0.2) is 13.1 Å². The molecular formula is C14H20N2O3S. The maximum Gasteiger partial charge on any atom is 0.242 e. The number of hydrogen-bond donors (Lipinski definition) is 2. The second-order valence-electron chi connectivity index (χ2n) is 5.36. The topological polar surface area (TPSA) is 67.4 Å². The third-order valence-electron chi connectivity index (χ3n) is 3.96. The summed E-state index contributed by atoms with van der Waals surface area (Å²) < 4.78 is 32.7. The third-order valence-corrected chi connectivity index (χ3v) is 5.56. The van der Waals surface area contributed by atoms with Gasteiger partial charge in [0.2, 0.25) is 10.0 Å². The van der Waals surface area contributed by atoms with Crippen molar-refractivity contribution >= 4 is 15.7 Å². The SMILES string of the molecule is CCNS(=O)(=O)c1ccccc1NC1CC2CCC1O2. The first kappa shape index (κ1) is 13.9. The van der Waals surface area contributed by atoms with Gasteiger partial charge in [0.15, 0.2) is 0 Å². The summed E-state index contributed by atoms with van der Waals surface area (Å²) in [5.74, 6) is 0. The Morgan fingerprint density at radius 1 is 1.30 bits per heavy atom. The van der Waals surface area contributed by atoms with Crippen molar-refractivity contribution in [3.63, 3.8) is 0 Å². The van der Waals surface area contributed by atoms with Crippen molar-refractivity contribution < 1.29 is 13.2 Å². The van der Waals surface area contributed by atoms with Crippen LogP contribution in [0.3, 0.4) is 0 Å². The molecule has 110 valence electrons. The van der Waals surface area contributed by atoms with E-state index in [9.17, 15) is 8.42 Å². The zero-order valence-corrected chi connectivity index (χ0v) is 12.3. The minimum atomic E-state index is -3.45. The Morgan fingerprint density at radius 2 is 2.10 bits per heavy atom. The van der Waals surface area contributed by atoms with E-state index in [1.807, 2.05) is 12.1 Å². The van der Waals surface area contributed by atoms with Crippen LogP contribution in [0.4, 0.5) is 5.69 Å². The minimum absolute atomic E-state index is 0.215. The van der Waals surface area contributed by atoms with Crippen LogP contribution in [-0.2, 0) is 14.8 Å². The first-order valence-electron chi connectivity index (χ1n) is 7.11. The summed E-state index contributed by atoms with van der Waals surface area (Å²) in [7, 11) is -3.45. The Hall–Kier alpha value is -1.11. The molecule has 3 rings (SSSR count). The standard InChI is InChI=1S/C14H20N2O3S/c1-2-15-20(17,18)14-6-4-3-5-11(14)16-12-9-10-7-8-13(12)19-10/h3-6,10,12-13,15-16H,2,7-9H2,1H3. The molecule has 2 N–H and O–H groups in total. The second kappa shape index (κ2) is 5.35. The molecule has 0 aliphatic carbocycles. The summed E-state index contributed by atoms with van der Waals surface area (Å²) in [6, 6.07) is 7.25. The highest BCUT2D eigenvalue weighted by Gasteiger charge is 2.41. The van der Waals surface area contributed by atoms with Gasteiger partial charge in [0, 0.05) is 6.54 Å². The van der Waals surface area contributed by atoms with Crippen LogP contribution in [0.2, 0.25) is 0 Å². The van der Waals surface area contributed by atoms with Gasteiger partial charge in [0.25, 0.3) is 0 Å². The number of sulfonamides is 1. The molecule has 0 saturated carbocycles. The molecule has 0 spiro atoms. The van der Waals surface area contributed by atoms with Gasteiger partial charge in [-0.15, -0.1) is 0 Å². The molecule has 2 heterocycles. The van der Waals surface area contributed by atoms with Crippen molar-refractivity contribution in [2.75, 3.05) is 11.9 Å². The first-order valence-corrected chi connectivity index (χ1v) is 8.59. The Labute approximate surface area is 119 Å². The number of nitrogens with one attached hydrogen (secondary N) is 2. The Morgan fingerprint density at radius 3 is 2.75 bits per heavy atom. The molecule has 0 amide bonds. The highest BCUT2D eigenvalue weighted by Crippen LogP contribution is 2.36. The smallest absolute Gasteiger partial charge is 0.242 e. The van der Waals surface area contributed by atoms with E-state index in [4.69, 9.17) is 4.74 Å². The van der Waals surface area contributed by atoms with Crippen molar-refractivity contribution in [3.8, 4) is 0 Å². The Bertz CT molecular complexity index is 588. The lowest BCUT2D eigenvalue weighted by Gasteiger charge is -2.22. The minimum Gasteiger partial charge on any atom is -0.379 e. The molecule has 1 aromatic rings. The van der Waals surface area contributed by atoms with E-state index in [0.29, 0.717) is 23.2 Å². The maximum absolute atomic E-state index is 12.2. The van der Waals surface area contributed by atoms with Gasteiger partial charge >= 0.3 is 0 Å². The van der Waals surface area contributed by atoms with Gasteiger partial charge in [-0.05, 0) is 31.4 Å². The lowest BCUT2D eigenvalue weighted by molar-refractivity contribution is 0.102. The van der Waals surface area contributed by atoms with Crippen LogP contribution in [0.5, 0.6) is 0 Å². The summed E-state index contributed by atoms with van der Waals surface area (Å²) >= 11 is 0. The van der Waals surface area contributed by atoms with E-state index in [2.05, 4.69) is 10.0 Å². The summed E-state index contributed by atoms with van der Waals surface area (Å²) in [5, 5.41) is 3.36. The van der Waals surface area contributed by atoms with Crippen LogP contribution in [0.15, 0.2) is 29.2 Å². The largest absolute Gasteiger partial charge is 0.379 e. The number of hydrogen-bond acceptors (Lipinski definition) is 4. The number of benzene rings is 1. The quantitative estimate of drug-likeness (QED) is 0.868. The molecule has 2 aliphatic heterocycles. The molecule has 5 nitrogen and oxygen atoms in total. The first-order chi connectivity index (χ1) is 9.60. The zero-order chi connectivity index (χ0) is 14.2. The molecule has 2 fully saturated rings. The number of fused-ring (bicyclic) bond motifs is 2. The molecular weight excluding hydrogens is 276 g/mol. The molecule has 20 heavy (non-hydrogen) atoms. The maximum atomic E-state index is 12.2. The lowest BCUT2D eigenvalue weighted by atomic mass is 9.95. The highest BCUT2D eigenvalue weighted by atomic mass is 32.2. The predicted molar refractivity (Wildman–Crippen MR) is 77.2 cm³/mol. The molecule has 0 radical (unpaired) electrons.